The Bertz CT molecular complexity index is 519. The van der Waals surface area contributed by atoms with Gasteiger partial charge in [-0.15, -0.1) is 0 Å². The van der Waals surface area contributed by atoms with E-state index in [0.29, 0.717) is 10.8 Å². The Labute approximate surface area is 115 Å². The molecule has 3 N–H and O–H groups in total. The Balaban J connectivity index is 2.05. The van der Waals surface area contributed by atoms with Crippen LogP contribution in [0.1, 0.15) is 32.3 Å². The first kappa shape index (κ1) is 14.5. The van der Waals surface area contributed by atoms with Crippen LogP contribution >= 0.6 is 0 Å². The lowest BCUT2D eigenvalue weighted by atomic mass is 10.0. The number of hydrogen-bond donors (Lipinski definition) is 2. The second-order valence-electron chi connectivity index (χ2n) is 5.63. The van der Waals surface area contributed by atoms with Crippen molar-refractivity contribution >= 4 is 10.0 Å². The Morgan fingerprint density at radius 3 is 2.32 bits per heavy atom. The molecule has 2 rings (SSSR count). The first-order chi connectivity index (χ1) is 8.88. The molecule has 1 aliphatic rings. The summed E-state index contributed by atoms with van der Waals surface area (Å²) in [5.41, 5.74) is 7.17. The molecule has 1 aromatic rings. The third kappa shape index (κ3) is 4.03. The Morgan fingerprint density at radius 2 is 1.84 bits per heavy atom. The number of hydrogen-bond acceptors (Lipinski definition) is 3. The Kier molecular flexibility index (Phi) is 4.28. The molecule has 0 amide bonds. The highest BCUT2D eigenvalue weighted by Crippen LogP contribution is 2.32. The topological polar surface area (TPSA) is 72.2 Å². The highest BCUT2D eigenvalue weighted by Gasteiger charge is 2.28. The molecule has 1 saturated carbocycles. The predicted octanol–water partition coefficient (Wildman–Crippen LogP) is 1.65. The van der Waals surface area contributed by atoms with E-state index < -0.39 is 10.0 Å². The lowest BCUT2D eigenvalue weighted by Crippen LogP contribution is -2.30. The van der Waals surface area contributed by atoms with Gasteiger partial charge in [0.05, 0.1) is 4.90 Å². The molecule has 1 fully saturated rings. The van der Waals surface area contributed by atoms with Gasteiger partial charge in [0.2, 0.25) is 10.0 Å². The van der Waals surface area contributed by atoms with Crippen LogP contribution in [0.3, 0.4) is 0 Å². The molecule has 4 nitrogen and oxygen atoms in total. The van der Waals surface area contributed by atoms with Crippen molar-refractivity contribution in [3.05, 3.63) is 29.8 Å². The molecule has 5 heteroatoms. The van der Waals surface area contributed by atoms with Crippen molar-refractivity contribution in [2.45, 2.75) is 50.1 Å². The van der Waals surface area contributed by atoms with Crippen LogP contribution in [0, 0.1) is 5.92 Å². The van der Waals surface area contributed by atoms with Crippen molar-refractivity contribution < 1.29 is 8.42 Å². The van der Waals surface area contributed by atoms with E-state index in [2.05, 4.69) is 4.72 Å². The number of rotatable bonds is 6. The van der Waals surface area contributed by atoms with Crippen molar-refractivity contribution in [1.29, 1.82) is 0 Å². The maximum Gasteiger partial charge on any atom is 0.240 e. The minimum atomic E-state index is -3.39. The molecule has 1 unspecified atom stereocenters. The van der Waals surface area contributed by atoms with E-state index in [1.807, 2.05) is 12.1 Å². The van der Waals surface area contributed by atoms with Gasteiger partial charge in [-0.3, -0.25) is 0 Å². The molecule has 1 atom stereocenters. The van der Waals surface area contributed by atoms with Crippen LogP contribution in [0.5, 0.6) is 0 Å². The maximum absolute atomic E-state index is 12.0. The molecule has 19 heavy (non-hydrogen) atoms. The number of sulfonamides is 1. The summed E-state index contributed by atoms with van der Waals surface area (Å²) in [6, 6.07) is 7.12. The van der Waals surface area contributed by atoms with Crippen LogP contribution in [-0.4, -0.2) is 20.5 Å². The van der Waals surface area contributed by atoms with Crippen LogP contribution in [0.15, 0.2) is 29.2 Å². The molecule has 106 valence electrons. The van der Waals surface area contributed by atoms with E-state index in [1.165, 1.54) is 12.8 Å². The lowest BCUT2D eigenvalue weighted by Gasteiger charge is -2.12. The molecular formula is C14H22N2O2S. The fraction of sp³-hybridized carbons (Fsp3) is 0.571. The summed E-state index contributed by atoms with van der Waals surface area (Å²) >= 11 is 0. The van der Waals surface area contributed by atoms with Gasteiger partial charge in [0.1, 0.15) is 0 Å². The molecule has 0 saturated heterocycles. The average molecular weight is 282 g/mol. The van der Waals surface area contributed by atoms with Crippen molar-refractivity contribution in [3.63, 3.8) is 0 Å². The smallest absolute Gasteiger partial charge is 0.240 e. The van der Waals surface area contributed by atoms with E-state index >= 15 is 0 Å². The third-order valence-electron chi connectivity index (χ3n) is 3.32. The molecule has 0 aliphatic heterocycles. The molecule has 1 aliphatic carbocycles. The second-order valence-corrected chi connectivity index (χ2v) is 7.34. The molecule has 0 radical (unpaired) electrons. The summed E-state index contributed by atoms with van der Waals surface area (Å²) in [5.74, 6) is 0.658. The van der Waals surface area contributed by atoms with Crippen LogP contribution in [0.2, 0.25) is 0 Å². The average Bonchev–Trinajstić information content (AvgIpc) is 3.11. The lowest BCUT2D eigenvalue weighted by molar-refractivity contribution is 0.569. The zero-order valence-corrected chi connectivity index (χ0v) is 12.3. The summed E-state index contributed by atoms with van der Waals surface area (Å²) in [4.78, 5) is 0.310. The van der Waals surface area contributed by atoms with Gasteiger partial charge in [-0.25, -0.2) is 13.1 Å². The number of nitrogens with one attached hydrogen (secondary N) is 1. The fourth-order valence-corrected chi connectivity index (χ4v) is 3.40. The monoisotopic (exact) mass is 282 g/mol. The van der Waals surface area contributed by atoms with Crippen molar-refractivity contribution in [2.24, 2.45) is 11.7 Å². The largest absolute Gasteiger partial charge is 0.327 e. The summed E-state index contributed by atoms with van der Waals surface area (Å²) in [6.07, 6.45) is 3.28. The molecular weight excluding hydrogens is 260 g/mol. The minimum absolute atomic E-state index is 0.104. The standard InChI is InChI=1S/C14H22N2O2S/c1-10(2)16-19(17,18)13-7-3-11(4-8-13)9-14(15)12-5-6-12/h3-4,7-8,10,12,14,16H,5-6,9,15H2,1-2H3. The van der Waals surface area contributed by atoms with E-state index in [0.717, 1.165) is 12.0 Å². The summed E-state index contributed by atoms with van der Waals surface area (Å²) in [6.45, 7) is 3.61. The summed E-state index contributed by atoms with van der Waals surface area (Å²) in [7, 11) is -3.39. The van der Waals surface area contributed by atoms with Crippen LogP contribution in [0.4, 0.5) is 0 Å². The van der Waals surface area contributed by atoms with Gasteiger partial charge < -0.3 is 5.73 Å². The van der Waals surface area contributed by atoms with Gasteiger partial charge in [-0.2, -0.15) is 0 Å². The van der Waals surface area contributed by atoms with Crippen LogP contribution < -0.4 is 10.5 Å². The molecule has 1 aromatic carbocycles. The van der Waals surface area contributed by atoms with Gasteiger partial charge in [0, 0.05) is 12.1 Å². The normalized spacial score (nSPS) is 17.7. The second kappa shape index (κ2) is 5.61. The van der Waals surface area contributed by atoms with Crippen molar-refractivity contribution in [3.8, 4) is 0 Å². The van der Waals surface area contributed by atoms with Crippen molar-refractivity contribution in [2.75, 3.05) is 0 Å². The highest BCUT2D eigenvalue weighted by atomic mass is 32.2. The van der Waals surface area contributed by atoms with E-state index in [1.54, 1.807) is 26.0 Å². The van der Waals surface area contributed by atoms with Gasteiger partial charge >= 0.3 is 0 Å². The summed E-state index contributed by atoms with van der Waals surface area (Å²) in [5, 5.41) is 0. The van der Waals surface area contributed by atoms with E-state index in [4.69, 9.17) is 5.73 Å². The van der Waals surface area contributed by atoms with Gasteiger partial charge in [0.15, 0.2) is 0 Å². The number of nitrogens with two attached hydrogens (primary N) is 1. The van der Waals surface area contributed by atoms with E-state index in [-0.39, 0.29) is 12.1 Å². The molecule has 0 aromatic heterocycles. The van der Waals surface area contributed by atoms with E-state index in [9.17, 15) is 8.42 Å². The zero-order chi connectivity index (χ0) is 14.0. The first-order valence-corrected chi connectivity index (χ1v) is 8.23. The van der Waals surface area contributed by atoms with Crippen LogP contribution in [0.25, 0.3) is 0 Å². The Morgan fingerprint density at radius 1 is 1.26 bits per heavy atom. The maximum atomic E-state index is 12.0. The summed E-state index contributed by atoms with van der Waals surface area (Å²) < 4.78 is 26.5. The first-order valence-electron chi connectivity index (χ1n) is 6.75. The number of benzene rings is 1. The third-order valence-corrected chi connectivity index (χ3v) is 5.00. The van der Waals surface area contributed by atoms with Gasteiger partial charge in [-0.05, 0) is 56.7 Å². The molecule has 0 spiro atoms. The molecule has 0 heterocycles. The highest BCUT2D eigenvalue weighted by molar-refractivity contribution is 7.89. The predicted molar refractivity (Wildman–Crippen MR) is 76.3 cm³/mol. The quantitative estimate of drug-likeness (QED) is 0.833. The van der Waals surface area contributed by atoms with Crippen LogP contribution in [-0.2, 0) is 16.4 Å². The van der Waals surface area contributed by atoms with Crippen molar-refractivity contribution in [1.82, 2.24) is 4.72 Å². The van der Waals surface area contributed by atoms with Gasteiger partial charge in [0.25, 0.3) is 0 Å². The molecule has 0 bridgehead atoms. The SMILES string of the molecule is CC(C)NS(=O)(=O)c1ccc(CC(N)C2CC2)cc1. The minimum Gasteiger partial charge on any atom is -0.327 e. The zero-order valence-electron chi connectivity index (χ0n) is 11.5. The van der Waals surface area contributed by atoms with Gasteiger partial charge in [-0.1, -0.05) is 12.1 Å². The Hall–Kier alpha value is -0.910. The fourth-order valence-electron chi connectivity index (χ4n) is 2.15.